The molecule has 2 N–H and O–H groups in total. The summed E-state index contributed by atoms with van der Waals surface area (Å²) in [4.78, 5) is 20.4. The second-order valence-corrected chi connectivity index (χ2v) is 5.54. The van der Waals surface area contributed by atoms with E-state index in [1.165, 1.54) is 0 Å². The molecule has 0 fully saturated rings. The number of methoxy groups -OCH3 is 1. The summed E-state index contributed by atoms with van der Waals surface area (Å²) in [7, 11) is 1.62. The average Bonchev–Trinajstić information content (AvgIpc) is 2.70. The molecule has 3 aromatic rings. The van der Waals surface area contributed by atoms with Crippen molar-refractivity contribution in [3.63, 3.8) is 0 Å². The SMILES string of the molecule is CCOC(=O)c1ccc(Nc2ccnc(Nc3ccc(OC)cc3)n2)cc1. The zero-order chi connectivity index (χ0) is 19.1. The maximum absolute atomic E-state index is 11.7. The van der Waals surface area contributed by atoms with E-state index in [1.54, 1.807) is 50.6 Å². The molecule has 0 saturated heterocycles. The highest BCUT2D eigenvalue weighted by Gasteiger charge is 2.06. The third-order valence-electron chi connectivity index (χ3n) is 3.67. The maximum atomic E-state index is 11.7. The van der Waals surface area contributed by atoms with Crippen molar-refractivity contribution in [2.45, 2.75) is 6.92 Å². The number of hydrogen-bond donors (Lipinski definition) is 2. The van der Waals surface area contributed by atoms with E-state index in [9.17, 15) is 4.79 Å². The van der Waals surface area contributed by atoms with Gasteiger partial charge in [-0.25, -0.2) is 9.78 Å². The van der Waals surface area contributed by atoms with Crippen LogP contribution in [0, 0.1) is 0 Å². The molecular weight excluding hydrogens is 344 g/mol. The molecule has 0 bridgehead atoms. The van der Waals surface area contributed by atoms with E-state index < -0.39 is 0 Å². The molecule has 7 heteroatoms. The Kier molecular flexibility index (Phi) is 5.84. The maximum Gasteiger partial charge on any atom is 0.338 e. The number of carbonyl (C=O) groups is 1. The van der Waals surface area contributed by atoms with Crippen LogP contribution >= 0.6 is 0 Å². The molecule has 27 heavy (non-hydrogen) atoms. The summed E-state index contributed by atoms with van der Waals surface area (Å²) >= 11 is 0. The van der Waals surface area contributed by atoms with Crippen LogP contribution in [-0.2, 0) is 4.74 Å². The number of rotatable bonds is 7. The third-order valence-corrected chi connectivity index (χ3v) is 3.67. The van der Waals surface area contributed by atoms with Crippen LogP contribution in [0.4, 0.5) is 23.1 Å². The van der Waals surface area contributed by atoms with E-state index in [0.717, 1.165) is 17.1 Å². The molecule has 0 atom stereocenters. The van der Waals surface area contributed by atoms with Gasteiger partial charge < -0.3 is 20.1 Å². The lowest BCUT2D eigenvalue weighted by atomic mass is 10.2. The fourth-order valence-corrected chi connectivity index (χ4v) is 2.34. The molecule has 7 nitrogen and oxygen atoms in total. The largest absolute Gasteiger partial charge is 0.497 e. The van der Waals surface area contributed by atoms with Gasteiger partial charge in [0.25, 0.3) is 0 Å². The zero-order valence-corrected chi connectivity index (χ0v) is 15.1. The van der Waals surface area contributed by atoms with Gasteiger partial charge in [0.05, 0.1) is 19.3 Å². The number of benzene rings is 2. The second kappa shape index (κ2) is 8.66. The smallest absolute Gasteiger partial charge is 0.338 e. The van der Waals surface area contributed by atoms with Crippen molar-refractivity contribution in [2.75, 3.05) is 24.4 Å². The molecule has 0 aliphatic rings. The number of hydrogen-bond acceptors (Lipinski definition) is 7. The molecule has 3 rings (SSSR count). The molecule has 2 aromatic carbocycles. The molecule has 0 aliphatic carbocycles. The van der Waals surface area contributed by atoms with Gasteiger partial charge in [0.2, 0.25) is 5.95 Å². The van der Waals surface area contributed by atoms with Crippen molar-refractivity contribution in [1.82, 2.24) is 9.97 Å². The number of ether oxygens (including phenoxy) is 2. The predicted molar refractivity (Wildman–Crippen MR) is 104 cm³/mol. The number of nitrogens with zero attached hydrogens (tertiary/aromatic N) is 2. The molecule has 0 aliphatic heterocycles. The quantitative estimate of drug-likeness (QED) is 0.609. The van der Waals surface area contributed by atoms with Gasteiger partial charge in [-0.3, -0.25) is 0 Å². The lowest BCUT2D eigenvalue weighted by Crippen LogP contribution is -2.04. The Labute approximate surface area is 157 Å². The summed E-state index contributed by atoms with van der Waals surface area (Å²) in [5, 5.41) is 6.32. The van der Waals surface area contributed by atoms with Gasteiger partial charge in [-0.1, -0.05) is 0 Å². The van der Waals surface area contributed by atoms with Crippen LogP contribution in [0.25, 0.3) is 0 Å². The third kappa shape index (κ3) is 4.94. The Hall–Kier alpha value is -3.61. The van der Waals surface area contributed by atoms with Crippen LogP contribution in [0.1, 0.15) is 17.3 Å². The van der Waals surface area contributed by atoms with Crippen LogP contribution in [-0.4, -0.2) is 29.7 Å². The van der Waals surface area contributed by atoms with Crippen molar-refractivity contribution in [3.8, 4) is 5.75 Å². The summed E-state index contributed by atoms with van der Waals surface area (Å²) in [5.74, 6) is 1.54. The summed E-state index contributed by atoms with van der Waals surface area (Å²) in [5.41, 5.74) is 2.16. The highest BCUT2D eigenvalue weighted by Crippen LogP contribution is 2.20. The van der Waals surface area contributed by atoms with E-state index in [2.05, 4.69) is 20.6 Å². The standard InChI is InChI=1S/C20H20N4O3/c1-3-27-19(25)14-4-6-15(7-5-14)22-18-12-13-21-20(24-18)23-16-8-10-17(26-2)11-9-16/h4-13H,3H2,1-2H3,(H2,21,22,23,24). The van der Waals surface area contributed by atoms with Crippen molar-refractivity contribution >= 4 is 29.1 Å². The molecule has 0 unspecified atom stereocenters. The van der Waals surface area contributed by atoms with Crippen LogP contribution < -0.4 is 15.4 Å². The van der Waals surface area contributed by atoms with Gasteiger partial charge in [-0.05, 0) is 61.5 Å². The summed E-state index contributed by atoms with van der Waals surface area (Å²) in [6, 6.07) is 16.3. The van der Waals surface area contributed by atoms with Gasteiger partial charge in [-0.15, -0.1) is 0 Å². The molecular formula is C20H20N4O3. The lowest BCUT2D eigenvalue weighted by Gasteiger charge is -2.09. The summed E-state index contributed by atoms with van der Waals surface area (Å²) < 4.78 is 10.1. The van der Waals surface area contributed by atoms with E-state index in [0.29, 0.717) is 23.9 Å². The van der Waals surface area contributed by atoms with Crippen LogP contribution in [0.5, 0.6) is 5.75 Å². The predicted octanol–water partition coefficient (Wildman–Crippen LogP) is 4.15. The van der Waals surface area contributed by atoms with Crippen molar-refractivity contribution in [1.29, 1.82) is 0 Å². The molecule has 1 heterocycles. The topological polar surface area (TPSA) is 85.4 Å². The fraction of sp³-hybridized carbons (Fsp3) is 0.150. The lowest BCUT2D eigenvalue weighted by molar-refractivity contribution is 0.0526. The van der Waals surface area contributed by atoms with E-state index >= 15 is 0 Å². The normalized spacial score (nSPS) is 10.1. The van der Waals surface area contributed by atoms with Crippen molar-refractivity contribution in [3.05, 3.63) is 66.4 Å². The molecule has 0 amide bonds. The first-order chi connectivity index (χ1) is 13.2. The van der Waals surface area contributed by atoms with Gasteiger partial charge in [0.1, 0.15) is 11.6 Å². The monoisotopic (exact) mass is 364 g/mol. The van der Waals surface area contributed by atoms with E-state index in [4.69, 9.17) is 9.47 Å². The van der Waals surface area contributed by atoms with E-state index in [1.807, 2.05) is 24.3 Å². The van der Waals surface area contributed by atoms with Crippen molar-refractivity contribution in [2.24, 2.45) is 0 Å². The highest BCUT2D eigenvalue weighted by molar-refractivity contribution is 5.89. The number of carbonyl (C=O) groups excluding carboxylic acids is 1. The highest BCUT2D eigenvalue weighted by atomic mass is 16.5. The fourth-order valence-electron chi connectivity index (χ4n) is 2.34. The van der Waals surface area contributed by atoms with Crippen LogP contribution in [0.3, 0.4) is 0 Å². The molecule has 0 spiro atoms. The summed E-state index contributed by atoms with van der Waals surface area (Å²) in [6.07, 6.45) is 1.66. The Morgan fingerprint density at radius 3 is 2.30 bits per heavy atom. The number of esters is 1. The zero-order valence-electron chi connectivity index (χ0n) is 15.1. The molecule has 0 saturated carbocycles. The van der Waals surface area contributed by atoms with Gasteiger partial charge in [0.15, 0.2) is 0 Å². The Bertz CT molecular complexity index is 896. The first-order valence-electron chi connectivity index (χ1n) is 8.46. The Morgan fingerprint density at radius 1 is 0.963 bits per heavy atom. The Balaban J connectivity index is 1.67. The minimum Gasteiger partial charge on any atom is -0.497 e. The summed E-state index contributed by atoms with van der Waals surface area (Å²) in [6.45, 7) is 2.13. The average molecular weight is 364 g/mol. The van der Waals surface area contributed by atoms with Gasteiger partial charge in [-0.2, -0.15) is 4.98 Å². The minimum absolute atomic E-state index is 0.336. The first-order valence-corrected chi connectivity index (χ1v) is 8.46. The molecule has 138 valence electrons. The molecule has 1 aromatic heterocycles. The number of anilines is 4. The van der Waals surface area contributed by atoms with E-state index in [-0.39, 0.29) is 5.97 Å². The van der Waals surface area contributed by atoms with Crippen molar-refractivity contribution < 1.29 is 14.3 Å². The Morgan fingerprint density at radius 2 is 1.63 bits per heavy atom. The van der Waals surface area contributed by atoms with Gasteiger partial charge in [0, 0.05) is 17.6 Å². The van der Waals surface area contributed by atoms with Crippen LogP contribution in [0.2, 0.25) is 0 Å². The molecule has 0 radical (unpaired) electrons. The second-order valence-electron chi connectivity index (χ2n) is 5.54. The van der Waals surface area contributed by atoms with Crippen LogP contribution in [0.15, 0.2) is 60.8 Å². The first kappa shape index (κ1) is 18.2. The number of aromatic nitrogens is 2. The minimum atomic E-state index is -0.336. The van der Waals surface area contributed by atoms with Gasteiger partial charge >= 0.3 is 5.97 Å². The number of nitrogens with one attached hydrogen (secondary N) is 2.